The molecule has 0 bridgehead atoms. The maximum atomic E-state index is 12.6. The molecule has 2 aromatic carbocycles. The highest BCUT2D eigenvalue weighted by molar-refractivity contribution is 7.89. The molecule has 3 rings (SSSR count). The number of aromatic nitrogens is 1. The average molecular weight is 412 g/mol. The van der Waals surface area contributed by atoms with Crippen molar-refractivity contribution in [2.45, 2.75) is 24.7 Å². The van der Waals surface area contributed by atoms with Gasteiger partial charge in [0, 0.05) is 17.4 Å². The predicted molar refractivity (Wildman–Crippen MR) is 95.6 cm³/mol. The number of fused-ring (bicyclic) bond motifs is 1. The molecule has 0 saturated heterocycles. The van der Waals surface area contributed by atoms with Gasteiger partial charge in [-0.05, 0) is 36.2 Å². The van der Waals surface area contributed by atoms with Gasteiger partial charge < -0.3 is 9.67 Å². The third kappa shape index (κ3) is 3.87. The summed E-state index contributed by atoms with van der Waals surface area (Å²) in [7, 11) is -4.88. The maximum absolute atomic E-state index is 12.6. The van der Waals surface area contributed by atoms with Crippen LogP contribution in [-0.2, 0) is 16.6 Å². The topological polar surface area (TPSA) is 88.4 Å². The van der Waals surface area contributed by atoms with Crippen LogP contribution in [0.3, 0.4) is 0 Å². The minimum atomic E-state index is -5.13. The maximum Gasteiger partial charge on any atom is 0.470 e. The van der Waals surface area contributed by atoms with E-state index in [9.17, 15) is 31.5 Å². The summed E-state index contributed by atoms with van der Waals surface area (Å²) in [6, 6.07) is 11.8. The molecular formula is C18H15F3N2O4S. The highest BCUT2D eigenvalue weighted by Crippen LogP contribution is 2.27. The summed E-state index contributed by atoms with van der Waals surface area (Å²) < 4.78 is 64.2. The van der Waals surface area contributed by atoms with Crippen LogP contribution in [-0.4, -0.2) is 30.4 Å². The SMILES string of the molecule is Cc1cccc2c1cc(C(=O)O)n2Cc1ccccc1S(=O)(=O)NC(F)(F)F. The molecule has 3 aromatic rings. The molecule has 10 heteroatoms. The van der Waals surface area contributed by atoms with Gasteiger partial charge in [-0.15, -0.1) is 4.72 Å². The Balaban J connectivity index is 2.15. The third-order valence-electron chi connectivity index (χ3n) is 4.22. The number of nitrogens with one attached hydrogen (secondary N) is 1. The van der Waals surface area contributed by atoms with Crippen molar-refractivity contribution in [1.29, 1.82) is 0 Å². The van der Waals surface area contributed by atoms with Crippen LogP contribution in [0.15, 0.2) is 53.4 Å². The number of carbonyl (C=O) groups is 1. The van der Waals surface area contributed by atoms with E-state index in [1.54, 1.807) is 25.1 Å². The number of aryl methyl sites for hydroxylation is 1. The van der Waals surface area contributed by atoms with Crippen LogP contribution in [0.1, 0.15) is 21.6 Å². The first-order valence-electron chi connectivity index (χ1n) is 8.00. The number of hydrogen-bond donors (Lipinski definition) is 2. The van der Waals surface area contributed by atoms with Crippen molar-refractivity contribution in [2.24, 2.45) is 0 Å². The fourth-order valence-corrected chi connectivity index (χ4v) is 4.20. The van der Waals surface area contributed by atoms with Crippen LogP contribution in [0.25, 0.3) is 10.9 Å². The molecule has 2 N–H and O–H groups in total. The van der Waals surface area contributed by atoms with E-state index < -0.39 is 27.2 Å². The van der Waals surface area contributed by atoms with Crippen molar-refractivity contribution in [3.63, 3.8) is 0 Å². The van der Waals surface area contributed by atoms with Gasteiger partial charge in [0.1, 0.15) is 5.69 Å². The molecule has 0 spiro atoms. The Hall–Kier alpha value is -2.85. The number of carboxylic acids is 1. The van der Waals surface area contributed by atoms with E-state index in [4.69, 9.17) is 0 Å². The number of carboxylic acid groups (broad SMARTS) is 1. The first-order chi connectivity index (χ1) is 13.0. The van der Waals surface area contributed by atoms with E-state index in [1.165, 1.54) is 28.8 Å². The lowest BCUT2D eigenvalue weighted by atomic mass is 10.1. The van der Waals surface area contributed by atoms with Crippen LogP contribution in [0.4, 0.5) is 13.2 Å². The molecule has 1 aromatic heterocycles. The summed E-state index contributed by atoms with van der Waals surface area (Å²) >= 11 is 0. The van der Waals surface area contributed by atoms with Gasteiger partial charge in [-0.2, -0.15) is 13.2 Å². The summed E-state index contributed by atoms with van der Waals surface area (Å²) in [4.78, 5) is 11.1. The molecule has 0 fully saturated rings. The summed E-state index contributed by atoms with van der Waals surface area (Å²) in [5.74, 6) is -1.23. The molecule has 148 valence electrons. The van der Waals surface area contributed by atoms with E-state index in [0.29, 0.717) is 15.6 Å². The zero-order chi connectivity index (χ0) is 20.7. The smallest absolute Gasteiger partial charge is 0.470 e. The molecule has 0 unspecified atom stereocenters. The lowest BCUT2D eigenvalue weighted by Gasteiger charge is -2.15. The first kappa shape index (κ1) is 19.9. The van der Waals surface area contributed by atoms with Crippen molar-refractivity contribution in [1.82, 2.24) is 9.29 Å². The number of benzene rings is 2. The zero-order valence-electron chi connectivity index (χ0n) is 14.5. The van der Waals surface area contributed by atoms with Gasteiger partial charge in [-0.3, -0.25) is 0 Å². The molecule has 0 aliphatic rings. The van der Waals surface area contributed by atoms with Crippen molar-refractivity contribution in [3.05, 3.63) is 65.4 Å². The van der Waals surface area contributed by atoms with Gasteiger partial charge in [0.15, 0.2) is 0 Å². The van der Waals surface area contributed by atoms with Crippen molar-refractivity contribution < 1.29 is 31.5 Å². The number of halogens is 3. The average Bonchev–Trinajstić information content (AvgIpc) is 2.93. The Morgan fingerprint density at radius 1 is 1.14 bits per heavy atom. The second kappa shape index (κ2) is 6.95. The summed E-state index contributed by atoms with van der Waals surface area (Å²) in [5, 5.41) is 10.2. The van der Waals surface area contributed by atoms with Crippen LogP contribution < -0.4 is 4.72 Å². The minimum Gasteiger partial charge on any atom is -0.477 e. The van der Waals surface area contributed by atoms with Crippen LogP contribution in [0.5, 0.6) is 0 Å². The lowest BCUT2D eigenvalue weighted by molar-refractivity contribution is -0.138. The van der Waals surface area contributed by atoms with E-state index in [0.717, 1.165) is 11.6 Å². The molecule has 28 heavy (non-hydrogen) atoms. The molecular weight excluding hydrogens is 397 g/mol. The Morgan fingerprint density at radius 3 is 2.46 bits per heavy atom. The third-order valence-corrected chi connectivity index (χ3v) is 5.70. The summed E-state index contributed by atoms with van der Waals surface area (Å²) in [6.07, 6.45) is -5.13. The number of hydrogen-bond acceptors (Lipinski definition) is 3. The van der Waals surface area contributed by atoms with E-state index in [2.05, 4.69) is 0 Å². The molecule has 1 heterocycles. The van der Waals surface area contributed by atoms with Crippen molar-refractivity contribution >= 4 is 26.9 Å². The first-order valence-corrected chi connectivity index (χ1v) is 9.49. The standard InChI is InChI=1S/C18H15F3N2O4S/c1-11-5-4-7-14-13(11)9-15(17(24)25)23(14)10-12-6-2-3-8-16(12)28(26,27)22-18(19,20)21/h2-9,22H,10H2,1H3,(H,24,25). The second-order valence-electron chi connectivity index (χ2n) is 6.14. The highest BCUT2D eigenvalue weighted by atomic mass is 32.2. The Kier molecular flexibility index (Phi) is 4.94. The lowest BCUT2D eigenvalue weighted by Crippen LogP contribution is -2.37. The highest BCUT2D eigenvalue weighted by Gasteiger charge is 2.35. The van der Waals surface area contributed by atoms with E-state index in [1.807, 2.05) is 0 Å². The minimum absolute atomic E-state index is 0.0285. The number of rotatable bonds is 5. The molecule has 6 nitrogen and oxygen atoms in total. The van der Waals surface area contributed by atoms with Gasteiger partial charge in [0.25, 0.3) is 0 Å². The van der Waals surface area contributed by atoms with Gasteiger partial charge in [-0.1, -0.05) is 30.3 Å². The number of aromatic carboxylic acids is 1. The van der Waals surface area contributed by atoms with Crippen LogP contribution in [0, 0.1) is 6.92 Å². The van der Waals surface area contributed by atoms with Gasteiger partial charge >= 0.3 is 12.3 Å². The van der Waals surface area contributed by atoms with Gasteiger partial charge in [0.05, 0.1) is 4.90 Å². The quantitative estimate of drug-likeness (QED) is 0.628. The number of alkyl halides is 3. The Morgan fingerprint density at radius 2 is 1.82 bits per heavy atom. The Bertz CT molecular complexity index is 1170. The molecule has 0 radical (unpaired) electrons. The van der Waals surface area contributed by atoms with Crippen LogP contribution >= 0.6 is 0 Å². The molecule has 0 atom stereocenters. The normalized spacial score (nSPS) is 12.4. The number of sulfonamides is 1. The summed E-state index contributed by atoms with van der Waals surface area (Å²) in [6.45, 7) is 1.56. The summed E-state index contributed by atoms with van der Waals surface area (Å²) in [5.41, 5.74) is 1.29. The van der Waals surface area contributed by atoms with Gasteiger partial charge in [-0.25, -0.2) is 13.2 Å². The zero-order valence-corrected chi connectivity index (χ0v) is 15.3. The van der Waals surface area contributed by atoms with E-state index >= 15 is 0 Å². The fraction of sp³-hybridized carbons (Fsp3) is 0.167. The van der Waals surface area contributed by atoms with E-state index in [-0.39, 0.29) is 17.8 Å². The molecule has 0 aliphatic heterocycles. The molecule has 0 amide bonds. The second-order valence-corrected chi connectivity index (χ2v) is 7.79. The van der Waals surface area contributed by atoms with Crippen molar-refractivity contribution in [2.75, 3.05) is 0 Å². The molecule has 0 aliphatic carbocycles. The fourth-order valence-electron chi connectivity index (χ4n) is 3.05. The van der Waals surface area contributed by atoms with Crippen molar-refractivity contribution in [3.8, 4) is 0 Å². The molecule has 0 saturated carbocycles. The largest absolute Gasteiger partial charge is 0.477 e. The van der Waals surface area contributed by atoms with Gasteiger partial charge in [0.2, 0.25) is 10.0 Å². The monoisotopic (exact) mass is 412 g/mol. The van der Waals surface area contributed by atoms with Crippen LogP contribution in [0.2, 0.25) is 0 Å². The predicted octanol–water partition coefficient (Wildman–Crippen LogP) is 3.49. The Labute approximate surface area is 158 Å². The number of nitrogens with zero attached hydrogens (tertiary/aromatic N) is 1.